The fourth-order valence-electron chi connectivity index (χ4n) is 2.43. The largest absolute Gasteiger partial charge is 0.471 e. The molecular formula is C15H9BrF3NO. The van der Waals surface area contributed by atoms with E-state index in [1.807, 2.05) is 29.6 Å². The van der Waals surface area contributed by atoms with Crippen molar-refractivity contribution >= 4 is 27.5 Å². The molecule has 0 unspecified atom stereocenters. The lowest BCUT2D eigenvalue weighted by Crippen LogP contribution is -2.29. The Hall–Kier alpha value is -1.82. The Morgan fingerprint density at radius 2 is 1.71 bits per heavy atom. The second-order valence-corrected chi connectivity index (χ2v) is 5.62. The van der Waals surface area contributed by atoms with E-state index in [1.54, 1.807) is 12.1 Å². The van der Waals surface area contributed by atoms with E-state index in [0.29, 0.717) is 0 Å². The first-order chi connectivity index (χ1) is 9.88. The number of carbonyl (C=O) groups excluding carboxylic acids is 1. The highest BCUT2D eigenvalue weighted by molar-refractivity contribution is 9.09. The topological polar surface area (TPSA) is 29.1 Å². The minimum atomic E-state index is -4.89. The normalized spacial score (nSPS) is 16.3. The Bertz CT molecular complexity index is 727. The van der Waals surface area contributed by atoms with Crippen LogP contribution in [0.4, 0.5) is 18.9 Å². The number of benzene rings is 2. The number of alkyl halides is 4. The second-order valence-electron chi connectivity index (χ2n) is 4.70. The summed E-state index contributed by atoms with van der Waals surface area (Å²) in [6.45, 7) is 0. The third-order valence-corrected chi connectivity index (χ3v) is 4.35. The third kappa shape index (κ3) is 2.44. The molecule has 6 heteroatoms. The maximum absolute atomic E-state index is 12.3. The third-order valence-electron chi connectivity index (χ3n) is 3.36. The summed E-state index contributed by atoms with van der Waals surface area (Å²) in [5.41, 5.74) is 4.04. The summed E-state index contributed by atoms with van der Waals surface area (Å²) in [4.78, 5) is 10.9. The highest BCUT2D eigenvalue weighted by Crippen LogP contribution is 2.48. The highest BCUT2D eigenvalue weighted by atomic mass is 79.9. The molecule has 0 saturated heterocycles. The lowest BCUT2D eigenvalue weighted by atomic mass is 10.1. The first-order valence-corrected chi connectivity index (χ1v) is 7.05. The number of fused-ring (bicyclic) bond motifs is 3. The molecule has 0 fully saturated rings. The van der Waals surface area contributed by atoms with E-state index in [2.05, 4.69) is 15.9 Å². The number of rotatable bonds is 1. The Kier molecular flexibility index (Phi) is 3.28. The summed E-state index contributed by atoms with van der Waals surface area (Å²) >= 11 is 3.54. The lowest BCUT2D eigenvalue weighted by Gasteiger charge is -2.10. The molecule has 108 valence electrons. The van der Waals surface area contributed by atoms with Crippen LogP contribution in [0, 0.1) is 0 Å². The van der Waals surface area contributed by atoms with Gasteiger partial charge in [0, 0.05) is 5.69 Å². The number of hydrogen-bond acceptors (Lipinski definition) is 1. The second kappa shape index (κ2) is 4.87. The maximum atomic E-state index is 12.3. The van der Waals surface area contributed by atoms with Crippen LogP contribution in [0.3, 0.4) is 0 Å². The monoisotopic (exact) mass is 355 g/mol. The Morgan fingerprint density at radius 3 is 2.43 bits per heavy atom. The van der Waals surface area contributed by atoms with Gasteiger partial charge in [0.15, 0.2) is 0 Å². The summed E-state index contributed by atoms with van der Waals surface area (Å²) in [5.74, 6) is -1.97. The molecule has 1 aliphatic carbocycles. The van der Waals surface area contributed by atoms with Crippen molar-refractivity contribution in [3.8, 4) is 11.1 Å². The standard InChI is InChI=1S/C15H9BrF3NO/c16-13-11-4-2-1-3-9(11)10-6-5-8(7-12(10)13)20-14(21)15(17,18)19/h1-7,13H,(H,20,21)/t13-/m1/s1. The summed E-state index contributed by atoms with van der Waals surface area (Å²) in [5, 5.41) is 1.87. The number of halogens is 4. The van der Waals surface area contributed by atoms with Gasteiger partial charge in [-0.05, 0) is 34.4 Å². The smallest absolute Gasteiger partial charge is 0.318 e. The predicted octanol–water partition coefficient (Wildman–Crippen LogP) is 4.65. The summed E-state index contributed by atoms with van der Waals surface area (Å²) in [6, 6.07) is 12.5. The van der Waals surface area contributed by atoms with Gasteiger partial charge in [-0.15, -0.1) is 0 Å². The van der Waals surface area contributed by atoms with Gasteiger partial charge in [0.05, 0.1) is 4.83 Å². The van der Waals surface area contributed by atoms with E-state index >= 15 is 0 Å². The first-order valence-electron chi connectivity index (χ1n) is 6.13. The van der Waals surface area contributed by atoms with Gasteiger partial charge in [0.25, 0.3) is 0 Å². The van der Waals surface area contributed by atoms with Crippen LogP contribution >= 0.6 is 15.9 Å². The van der Waals surface area contributed by atoms with Crippen LogP contribution in [0.2, 0.25) is 0 Å². The molecule has 1 amide bonds. The average molecular weight is 356 g/mol. The van der Waals surface area contributed by atoms with Gasteiger partial charge >= 0.3 is 12.1 Å². The number of anilines is 1. The zero-order chi connectivity index (χ0) is 15.2. The molecule has 0 bridgehead atoms. The van der Waals surface area contributed by atoms with Gasteiger partial charge in [0.1, 0.15) is 0 Å². The van der Waals surface area contributed by atoms with Crippen molar-refractivity contribution in [3.63, 3.8) is 0 Å². The van der Waals surface area contributed by atoms with Crippen molar-refractivity contribution in [2.75, 3.05) is 5.32 Å². The van der Waals surface area contributed by atoms with Crippen molar-refractivity contribution in [1.82, 2.24) is 0 Å². The van der Waals surface area contributed by atoms with E-state index < -0.39 is 12.1 Å². The molecule has 2 nitrogen and oxygen atoms in total. The fourth-order valence-corrected chi connectivity index (χ4v) is 3.21. The minimum absolute atomic E-state index is 0.0913. The van der Waals surface area contributed by atoms with Gasteiger partial charge in [-0.3, -0.25) is 4.79 Å². The van der Waals surface area contributed by atoms with E-state index in [1.165, 1.54) is 6.07 Å². The number of amides is 1. The first kappa shape index (κ1) is 14.1. The Labute approximate surface area is 127 Å². The molecule has 2 aromatic rings. The average Bonchev–Trinajstić information content (AvgIpc) is 2.72. The van der Waals surface area contributed by atoms with E-state index in [0.717, 1.165) is 22.3 Å². The molecule has 3 rings (SSSR count). The summed E-state index contributed by atoms with van der Waals surface area (Å²) in [6.07, 6.45) is -4.89. The Morgan fingerprint density at radius 1 is 1.05 bits per heavy atom. The molecule has 0 heterocycles. The van der Waals surface area contributed by atoms with Crippen molar-refractivity contribution in [3.05, 3.63) is 53.6 Å². The predicted molar refractivity (Wildman–Crippen MR) is 77.3 cm³/mol. The zero-order valence-corrected chi connectivity index (χ0v) is 12.1. The van der Waals surface area contributed by atoms with Crippen LogP contribution in [-0.4, -0.2) is 12.1 Å². The molecule has 1 atom stereocenters. The molecule has 0 radical (unpaired) electrons. The van der Waals surface area contributed by atoms with Gasteiger partial charge in [-0.1, -0.05) is 46.3 Å². The SMILES string of the molecule is O=C(Nc1ccc2c(c1)[C@H](Br)c1ccccc1-2)C(F)(F)F. The van der Waals surface area contributed by atoms with Crippen molar-refractivity contribution < 1.29 is 18.0 Å². The molecule has 1 N–H and O–H groups in total. The zero-order valence-electron chi connectivity index (χ0n) is 10.5. The maximum Gasteiger partial charge on any atom is 0.471 e. The quantitative estimate of drug-likeness (QED) is 0.741. The van der Waals surface area contributed by atoms with E-state index in [9.17, 15) is 18.0 Å². The van der Waals surface area contributed by atoms with E-state index in [-0.39, 0.29) is 10.5 Å². The lowest BCUT2D eigenvalue weighted by molar-refractivity contribution is -0.167. The molecule has 21 heavy (non-hydrogen) atoms. The van der Waals surface area contributed by atoms with Crippen LogP contribution in [0.1, 0.15) is 16.0 Å². The fraction of sp³-hybridized carbons (Fsp3) is 0.133. The van der Waals surface area contributed by atoms with Crippen LogP contribution in [-0.2, 0) is 4.79 Å². The van der Waals surface area contributed by atoms with Crippen molar-refractivity contribution in [2.24, 2.45) is 0 Å². The van der Waals surface area contributed by atoms with Crippen molar-refractivity contribution in [1.29, 1.82) is 0 Å². The molecule has 2 aromatic carbocycles. The molecule has 1 aliphatic rings. The molecular weight excluding hydrogens is 347 g/mol. The number of carbonyl (C=O) groups is 1. The number of hydrogen-bond donors (Lipinski definition) is 1. The molecule has 0 spiro atoms. The van der Waals surface area contributed by atoms with Gasteiger partial charge in [-0.2, -0.15) is 13.2 Å². The number of nitrogens with one attached hydrogen (secondary N) is 1. The molecule has 0 aromatic heterocycles. The van der Waals surface area contributed by atoms with E-state index in [4.69, 9.17) is 0 Å². The minimum Gasteiger partial charge on any atom is -0.318 e. The van der Waals surface area contributed by atoms with Crippen LogP contribution in [0.15, 0.2) is 42.5 Å². The van der Waals surface area contributed by atoms with Gasteiger partial charge < -0.3 is 5.32 Å². The summed E-state index contributed by atoms with van der Waals surface area (Å²) < 4.78 is 36.8. The van der Waals surface area contributed by atoms with Gasteiger partial charge in [0.2, 0.25) is 0 Å². The molecule has 0 saturated carbocycles. The van der Waals surface area contributed by atoms with Crippen molar-refractivity contribution in [2.45, 2.75) is 11.0 Å². The van der Waals surface area contributed by atoms with Crippen LogP contribution in [0.5, 0.6) is 0 Å². The van der Waals surface area contributed by atoms with Crippen LogP contribution < -0.4 is 5.32 Å². The van der Waals surface area contributed by atoms with Gasteiger partial charge in [-0.25, -0.2) is 0 Å². The van der Waals surface area contributed by atoms with Crippen LogP contribution in [0.25, 0.3) is 11.1 Å². The highest BCUT2D eigenvalue weighted by Gasteiger charge is 2.39. The Balaban J connectivity index is 1.96. The molecule has 0 aliphatic heterocycles. The summed E-state index contributed by atoms with van der Waals surface area (Å²) in [7, 11) is 0.